The molecule has 1 unspecified atom stereocenters. The molecule has 178 valence electrons. The first-order valence-corrected chi connectivity index (χ1v) is 11.4. The van der Waals surface area contributed by atoms with Crippen molar-refractivity contribution in [2.75, 3.05) is 30.3 Å². The average molecular weight is 471 g/mol. The van der Waals surface area contributed by atoms with E-state index in [2.05, 4.69) is 16.0 Å². The van der Waals surface area contributed by atoms with Gasteiger partial charge < -0.3 is 15.5 Å². The van der Waals surface area contributed by atoms with Crippen molar-refractivity contribution in [2.24, 2.45) is 5.92 Å². The molecule has 3 heterocycles. The third kappa shape index (κ3) is 4.62. The molecule has 8 nitrogen and oxygen atoms in total. The van der Waals surface area contributed by atoms with Gasteiger partial charge in [0.1, 0.15) is 18.3 Å². The van der Waals surface area contributed by atoms with Crippen LogP contribution in [0.4, 0.5) is 24.9 Å². The van der Waals surface area contributed by atoms with E-state index in [4.69, 9.17) is 10.7 Å². The lowest BCUT2D eigenvalue weighted by Gasteiger charge is -2.42. The fraction of sp³-hybridized carbons (Fsp3) is 0.522. The summed E-state index contributed by atoms with van der Waals surface area (Å²) in [7, 11) is 0. The second-order valence-electron chi connectivity index (χ2n) is 9.21. The van der Waals surface area contributed by atoms with Crippen LogP contribution < -0.4 is 10.6 Å². The van der Waals surface area contributed by atoms with E-state index in [9.17, 15) is 23.2 Å². The number of anilines is 2. The highest BCUT2D eigenvalue weighted by Crippen LogP contribution is 2.45. The van der Waals surface area contributed by atoms with Crippen LogP contribution in [0.25, 0.3) is 11.3 Å². The van der Waals surface area contributed by atoms with E-state index in [0.717, 1.165) is 36.9 Å². The van der Waals surface area contributed by atoms with Crippen molar-refractivity contribution in [3.8, 4) is 17.3 Å². The van der Waals surface area contributed by atoms with Crippen LogP contribution in [0.1, 0.15) is 49.3 Å². The number of nitrogens with zero attached hydrogens (tertiary/aromatic N) is 6. The van der Waals surface area contributed by atoms with E-state index in [-0.39, 0.29) is 30.4 Å². The van der Waals surface area contributed by atoms with Crippen LogP contribution in [0.15, 0.2) is 18.3 Å². The minimum Gasteiger partial charge on any atom is -0.368 e. The SMILES string of the molecule is N#Cc1cc(-c2ccnc(N)n2)c(C2CC2)nc1N1CCN(C(=O)CC(F)(F)F)C(C2CC2)C1. The maximum absolute atomic E-state index is 12.9. The van der Waals surface area contributed by atoms with E-state index >= 15 is 0 Å². The van der Waals surface area contributed by atoms with Gasteiger partial charge in [0.2, 0.25) is 11.9 Å². The summed E-state index contributed by atoms with van der Waals surface area (Å²) in [6, 6.07) is 5.40. The Labute approximate surface area is 194 Å². The van der Waals surface area contributed by atoms with Crippen molar-refractivity contribution in [1.82, 2.24) is 19.9 Å². The van der Waals surface area contributed by atoms with Crippen molar-refractivity contribution in [2.45, 2.75) is 50.2 Å². The summed E-state index contributed by atoms with van der Waals surface area (Å²) in [6.45, 7) is 0.851. The van der Waals surface area contributed by atoms with Crippen molar-refractivity contribution < 1.29 is 18.0 Å². The number of nitrogen functional groups attached to an aromatic ring is 1. The van der Waals surface area contributed by atoms with Crippen LogP contribution in [-0.4, -0.2) is 57.6 Å². The Morgan fingerprint density at radius 2 is 1.97 bits per heavy atom. The number of carbonyl (C=O) groups excluding carboxylic acids is 1. The zero-order chi connectivity index (χ0) is 24.0. The standard InChI is InChI=1S/C23H24F3N7O/c24-23(25,26)10-19(34)33-8-7-32(12-18(33)13-1-2-13)21-15(11-27)9-16(20(31-21)14-3-4-14)17-5-6-29-22(28)30-17/h5-6,9,13-14,18H,1-4,7-8,10,12H2,(H2,28,29,30). The molecule has 3 aliphatic rings. The molecule has 1 atom stereocenters. The Kier molecular flexibility index (Phi) is 5.54. The van der Waals surface area contributed by atoms with E-state index in [1.165, 1.54) is 4.90 Å². The molecule has 0 radical (unpaired) electrons. The van der Waals surface area contributed by atoms with Gasteiger partial charge in [-0.1, -0.05) is 0 Å². The lowest BCUT2D eigenvalue weighted by molar-refractivity contribution is -0.163. The highest BCUT2D eigenvalue weighted by Gasteiger charge is 2.44. The van der Waals surface area contributed by atoms with E-state index in [1.54, 1.807) is 18.3 Å². The summed E-state index contributed by atoms with van der Waals surface area (Å²) in [5.74, 6) is 0.202. The van der Waals surface area contributed by atoms with Crippen molar-refractivity contribution in [3.05, 3.63) is 29.6 Å². The first kappa shape index (κ1) is 22.4. The maximum atomic E-state index is 12.9. The summed E-state index contributed by atoms with van der Waals surface area (Å²) in [5.41, 5.74) is 8.31. The van der Waals surface area contributed by atoms with Gasteiger partial charge in [-0.2, -0.15) is 18.4 Å². The number of piperazine rings is 1. The molecule has 3 fully saturated rings. The predicted octanol–water partition coefficient (Wildman–Crippen LogP) is 3.25. The largest absolute Gasteiger partial charge is 0.397 e. The zero-order valence-corrected chi connectivity index (χ0v) is 18.4. The Morgan fingerprint density at radius 3 is 2.59 bits per heavy atom. The second-order valence-corrected chi connectivity index (χ2v) is 9.21. The molecular weight excluding hydrogens is 447 g/mol. The zero-order valence-electron chi connectivity index (χ0n) is 18.4. The average Bonchev–Trinajstić information content (AvgIpc) is 3.70. The normalized spacial score (nSPS) is 20.8. The number of aromatic nitrogens is 3. The second kappa shape index (κ2) is 8.42. The van der Waals surface area contributed by atoms with E-state index in [0.29, 0.717) is 30.2 Å². The smallest absolute Gasteiger partial charge is 0.368 e. The molecular formula is C23H24F3N7O. The molecule has 0 bridgehead atoms. The summed E-state index contributed by atoms with van der Waals surface area (Å²) in [4.78, 5) is 28.9. The minimum atomic E-state index is -4.53. The number of nitriles is 1. The molecule has 0 spiro atoms. The number of carbonyl (C=O) groups is 1. The fourth-order valence-corrected chi connectivity index (χ4v) is 4.71. The summed E-state index contributed by atoms with van der Waals surface area (Å²) >= 11 is 0. The number of pyridine rings is 1. The lowest BCUT2D eigenvalue weighted by Crippen LogP contribution is -2.57. The molecule has 2 saturated carbocycles. The topological polar surface area (TPSA) is 112 Å². The van der Waals surface area contributed by atoms with Gasteiger partial charge in [0.05, 0.1) is 23.0 Å². The molecule has 1 aliphatic heterocycles. The Hall–Kier alpha value is -3.42. The summed E-state index contributed by atoms with van der Waals surface area (Å²) in [5, 5.41) is 9.91. The first-order chi connectivity index (χ1) is 16.2. The summed E-state index contributed by atoms with van der Waals surface area (Å²) in [6.07, 6.45) is -0.682. The molecule has 5 rings (SSSR count). The minimum absolute atomic E-state index is 0.133. The van der Waals surface area contributed by atoms with Crippen molar-refractivity contribution >= 4 is 17.7 Å². The van der Waals surface area contributed by atoms with Gasteiger partial charge in [0.25, 0.3) is 0 Å². The molecule has 0 aromatic carbocycles. The quantitative estimate of drug-likeness (QED) is 0.712. The Balaban J connectivity index is 1.46. The van der Waals surface area contributed by atoms with E-state index < -0.39 is 18.5 Å². The fourth-order valence-electron chi connectivity index (χ4n) is 4.71. The number of hydrogen-bond donors (Lipinski definition) is 1. The van der Waals surface area contributed by atoms with Gasteiger partial charge in [-0.3, -0.25) is 4.79 Å². The number of nitrogens with two attached hydrogens (primary N) is 1. The first-order valence-electron chi connectivity index (χ1n) is 11.4. The molecule has 2 N–H and O–H groups in total. The Bertz CT molecular complexity index is 1150. The third-order valence-electron chi connectivity index (χ3n) is 6.62. The molecule has 34 heavy (non-hydrogen) atoms. The molecule has 1 saturated heterocycles. The van der Waals surface area contributed by atoms with Crippen molar-refractivity contribution in [1.29, 1.82) is 5.26 Å². The number of halogens is 3. The highest BCUT2D eigenvalue weighted by atomic mass is 19.4. The van der Waals surface area contributed by atoms with Crippen LogP contribution in [0.2, 0.25) is 0 Å². The number of hydrogen-bond acceptors (Lipinski definition) is 7. The maximum Gasteiger partial charge on any atom is 0.397 e. The number of alkyl halides is 3. The van der Waals surface area contributed by atoms with Gasteiger partial charge in [-0.15, -0.1) is 0 Å². The molecule has 1 amide bonds. The monoisotopic (exact) mass is 471 g/mol. The third-order valence-corrected chi connectivity index (χ3v) is 6.62. The van der Waals surface area contributed by atoms with Gasteiger partial charge in [-0.05, 0) is 43.7 Å². The van der Waals surface area contributed by atoms with Crippen LogP contribution in [-0.2, 0) is 4.79 Å². The van der Waals surface area contributed by atoms with Gasteiger partial charge in [0.15, 0.2) is 0 Å². The Morgan fingerprint density at radius 1 is 1.21 bits per heavy atom. The van der Waals surface area contributed by atoms with Crippen LogP contribution in [0.3, 0.4) is 0 Å². The van der Waals surface area contributed by atoms with Gasteiger partial charge in [-0.25, -0.2) is 15.0 Å². The molecule has 2 aromatic rings. The lowest BCUT2D eigenvalue weighted by atomic mass is 10.0. The highest BCUT2D eigenvalue weighted by molar-refractivity contribution is 5.78. The van der Waals surface area contributed by atoms with Crippen LogP contribution in [0, 0.1) is 17.2 Å². The predicted molar refractivity (Wildman–Crippen MR) is 117 cm³/mol. The molecule has 11 heteroatoms. The van der Waals surface area contributed by atoms with Crippen LogP contribution in [0.5, 0.6) is 0 Å². The van der Waals surface area contributed by atoms with Gasteiger partial charge in [0, 0.05) is 37.3 Å². The number of amides is 1. The molecule has 2 aliphatic carbocycles. The van der Waals surface area contributed by atoms with Crippen molar-refractivity contribution in [3.63, 3.8) is 0 Å². The summed E-state index contributed by atoms with van der Waals surface area (Å²) < 4.78 is 38.6. The van der Waals surface area contributed by atoms with Crippen LogP contribution >= 0.6 is 0 Å². The number of rotatable bonds is 5. The molecule has 2 aromatic heterocycles. The van der Waals surface area contributed by atoms with Gasteiger partial charge >= 0.3 is 6.18 Å². The van der Waals surface area contributed by atoms with E-state index in [1.807, 2.05) is 4.90 Å².